The van der Waals surface area contributed by atoms with Gasteiger partial charge in [0.05, 0.1) is 56.6 Å². The smallest absolute Gasteiger partial charge is 0.616 e. The van der Waals surface area contributed by atoms with Gasteiger partial charge in [0.25, 0.3) is 10.1 Å². The molecule has 42 heteroatoms. The predicted octanol–water partition coefficient (Wildman–Crippen LogP) is 11.0. The van der Waals surface area contributed by atoms with Crippen LogP contribution in [0.1, 0.15) is 250 Å². The van der Waals surface area contributed by atoms with E-state index in [4.69, 9.17) is 49.7 Å². The number of nitrogens with one attached hydrogen (secondary N) is 7. The average Bonchev–Trinajstić information content (AvgIpc) is 1.66. The molecule has 0 aromatic heterocycles. The molecule has 0 heterocycles. The molecule has 2 aromatic carbocycles. The Kier molecular flexibility index (Phi) is 49.2. The van der Waals surface area contributed by atoms with E-state index in [9.17, 15) is 66.0 Å². The number of allylic oxidation sites excluding steroid dienone is 1. The second-order valence-corrected chi connectivity index (χ2v) is 40.2. The third kappa shape index (κ3) is 61.4. The number of nitrogens with zero attached hydrogens (tertiary/aromatic N) is 4. The van der Waals surface area contributed by atoms with Gasteiger partial charge in [-0.05, 0) is 243 Å². The van der Waals surface area contributed by atoms with Crippen LogP contribution in [-0.4, -0.2) is 198 Å². The van der Waals surface area contributed by atoms with Crippen molar-refractivity contribution >= 4 is 78.1 Å². The zero-order chi connectivity index (χ0) is 96.4. The number of ether oxygens (including phenoxy) is 10. The number of amides is 7. The zero-order valence-corrected chi connectivity index (χ0v) is 82.5. The summed E-state index contributed by atoms with van der Waals surface area (Å²) < 4.78 is 95.7. The number of nitriles is 1. The average molecular weight is 1860 g/mol. The maximum Gasteiger partial charge on any atom is 1.00 e. The van der Waals surface area contributed by atoms with Gasteiger partial charge in [-0.3, -0.25) is 18.3 Å². The Morgan fingerprint density at radius 3 is 1.20 bits per heavy atom. The van der Waals surface area contributed by atoms with Crippen LogP contribution in [0, 0.1) is 11.3 Å². The normalized spacial score (nSPS) is 16.6. The third-order valence-electron chi connectivity index (χ3n) is 18.0. The summed E-state index contributed by atoms with van der Waals surface area (Å²) >= 11 is 0. The molecule has 10 rings (SSSR count). The van der Waals surface area contributed by atoms with Gasteiger partial charge in [-0.1, -0.05) is 71.4 Å². The fourth-order valence-electron chi connectivity index (χ4n) is 9.91. The van der Waals surface area contributed by atoms with E-state index >= 15 is 0 Å². The number of hydrogen-bond donors (Lipinski definition) is 8. The van der Waals surface area contributed by atoms with Crippen LogP contribution in [-0.2, 0) is 103 Å². The number of Topliss-reactive ketones (excluding diaryl/α,β-unsaturated/α-hetero) is 1. The Hall–Kier alpha value is -9.16. The standard InChI is InChI=1S/C19H28N2O4.C17H24N2O4.C11H21NO5S.C11H19NO4.C10H18N4O2.C6H8O2.C5H11O5P.C4H6N2.C3H4O.Na/c1-18(2,3)25-17(23)21-19(11-12-19)10-7-13-20-16(22)24-14-15-8-5-4-6-9-15;1-16(2,3)23-15(21)19-17(9-10-17)12-18-14(20)22-11-13-7-5-4-6-8-13;1-10(2,3)17-9(13)12-11(5-6-11)7-8-16-18(4,14)15;1-10(2,3)16-9(14)12-11(5-6-11)7-8(13)15-4;1-9(2,3)16-8(15)13-10(4-5-10)6-7-12-14-11;1-8-6(7)4-5-2-3-5;1-8-5(6)4-11(7,9-2)10-3;5-3-4(6)1-2-4;4-3-1-2-3;/h4-6,8-9H,7,10-14H2,1-3H3,(H,20,22)(H,21,23);4-8H,9-12H2,1-3H3,(H,18,20)(H,19,21);5-8H2,1-4H3,(H,12,13);5-7H2,1-4H3,(H,12,14);4-7H2,1-3H3,(H,13,15);4H,2-3H2,1H3;4,6H,1-3H3;1-2,6H2;1-2H2;/q;;;;;;;;;+1/p-1/b;;;;;;5-4-;;;. The van der Waals surface area contributed by atoms with E-state index in [2.05, 4.69) is 74.7 Å². The number of carbonyl (C=O) groups is 10. The minimum atomic E-state index is -3.42. The van der Waals surface area contributed by atoms with Gasteiger partial charge in [-0.15, -0.1) is 0 Å². The first-order valence-electron chi connectivity index (χ1n) is 41.8. The van der Waals surface area contributed by atoms with Gasteiger partial charge in [-0.25, -0.2) is 38.4 Å². The molecule has 8 saturated carbocycles. The largest absolute Gasteiger partial charge is 1.00 e. The van der Waals surface area contributed by atoms with Crippen molar-refractivity contribution < 1.29 is 156 Å². The molecule has 0 aliphatic heterocycles. The van der Waals surface area contributed by atoms with Crippen molar-refractivity contribution in [2.75, 3.05) is 68.0 Å². The van der Waals surface area contributed by atoms with Crippen LogP contribution in [0.2, 0.25) is 0 Å². The van der Waals surface area contributed by atoms with Crippen LogP contribution in [0.3, 0.4) is 0 Å². The Balaban J connectivity index is 0.000000745. The first-order chi connectivity index (χ1) is 58.8. The molecule has 2 aromatic rings. The molecule has 8 aliphatic rings. The van der Waals surface area contributed by atoms with Crippen LogP contribution in [0.4, 0.5) is 33.6 Å². The Morgan fingerprint density at radius 1 is 0.539 bits per heavy atom. The topological polar surface area (TPSA) is 548 Å². The quantitative estimate of drug-likeness (QED) is 0.00320. The van der Waals surface area contributed by atoms with Gasteiger partial charge in [0.1, 0.15) is 52.5 Å². The van der Waals surface area contributed by atoms with Gasteiger partial charge < -0.3 is 104 Å². The van der Waals surface area contributed by atoms with Crippen molar-refractivity contribution in [1.82, 2.24) is 37.2 Å². The van der Waals surface area contributed by atoms with Crippen LogP contribution in [0.15, 0.2) is 89.2 Å². The molecule has 0 bridgehead atoms. The van der Waals surface area contributed by atoms with E-state index in [1.165, 1.54) is 41.1 Å². The van der Waals surface area contributed by atoms with Crippen LogP contribution in [0.5, 0.6) is 0 Å². The summed E-state index contributed by atoms with van der Waals surface area (Å²) in [4.78, 5) is 115. The zero-order valence-electron chi connectivity index (χ0n) is 78.8. The molecule has 39 nitrogen and oxygen atoms in total. The van der Waals surface area contributed by atoms with E-state index in [1.54, 1.807) is 47.6 Å². The number of alkyl carbamates (subject to hydrolysis) is 7. The number of hydrogen-bond acceptors (Lipinski definition) is 30. The summed E-state index contributed by atoms with van der Waals surface area (Å²) in [7, 11) is -0.500. The van der Waals surface area contributed by atoms with Gasteiger partial charge in [-0.2, -0.15) is 13.7 Å². The van der Waals surface area contributed by atoms with E-state index in [0.717, 1.165) is 139 Å². The molecule has 9 N–H and O–H groups in total. The summed E-state index contributed by atoms with van der Waals surface area (Å²) in [6, 6.07) is 21.0. The number of nitrogens with two attached hydrogens (primary N) is 1. The number of azide groups is 1. The van der Waals surface area contributed by atoms with E-state index < -0.39 is 105 Å². The summed E-state index contributed by atoms with van der Waals surface area (Å²) in [5, 5.41) is 41.6. The van der Waals surface area contributed by atoms with Crippen molar-refractivity contribution in [3.63, 3.8) is 0 Å². The number of carbonyl (C=O) groups excluding carboxylic acids is 10. The number of esters is 2. The molecule has 0 atom stereocenters. The third-order valence-corrected chi connectivity index (χ3v) is 20.2. The van der Waals surface area contributed by atoms with Crippen molar-refractivity contribution in [2.45, 2.75) is 313 Å². The molecular weight excluding hydrogens is 1720 g/mol. The Labute approximate surface area is 775 Å². The molecule has 7 amide bonds. The summed E-state index contributed by atoms with van der Waals surface area (Å²) in [6.07, 6.45) is 16.6. The molecule has 8 aliphatic carbocycles. The van der Waals surface area contributed by atoms with Crippen molar-refractivity contribution in [1.29, 1.82) is 5.26 Å². The van der Waals surface area contributed by atoms with Crippen molar-refractivity contribution in [3.05, 3.63) is 106 Å². The second kappa shape index (κ2) is 53.9. The minimum absolute atomic E-state index is 0. The number of ketones is 1. The molecule has 0 saturated heterocycles. The maximum absolute atomic E-state index is 11.9. The van der Waals surface area contributed by atoms with E-state index in [-0.39, 0.29) is 90.4 Å². The van der Waals surface area contributed by atoms with Gasteiger partial charge in [0, 0.05) is 80.1 Å². The molecule has 8 fully saturated rings. The summed E-state index contributed by atoms with van der Waals surface area (Å²) in [5.74, 6) is -0.0874. The molecule has 0 radical (unpaired) electrons. The van der Waals surface area contributed by atoms with Gasteiger partial charge in [0.2, 0.25) is 0 Å². The molecule has 716 valence electrons. The fourth-order valence-corrected chi connectivity index (χ4v) is 11.0. The Morgan fingerprint density at radius 2 is 0.898 bits per heavy atom. The second-order valence-electron chi connectivity index (χ2n) is 36.5. The molecule has 128 heavy (non-hydrogen) atoms. The Bertz CT molecular complexity index is 4180. The number of benzene rings is 2. The maximum atomic E-state index is 11.9. The van der Waals surface area contributed by atoms with Crippen LogP contribution >= 0.6 is 7.60 Å². The van der Waals surface area contributed by atoms with Crippen molar-refractivity contribution in [2.24, 2.45) is 10.8 Å². The number of methoxy groups -OCH3 is 3. The molecule has 0 unspecified atom stereocenters. The minimum Gasteiger partial charge on any atom is -0.616 e. The van der Waals surface area contributed by atoms with Crippen molar-refractivity contribution in [3.8, 4) is 6.07 Å². The SMILES string of the molecule is CC(C)(C)OC(=O)NC1(CCCNC(=O)OCc2ccccc2)CC1.CC(C)(C)OC(=O)NC1(CCN=[N+]=[N-])CC1.CC(C)(C)OC(=O)NC1(CCOS(C)(=O)=O)CC1.CC(C)(C)OC(=O)NC1(CNC(=O)OCc2ccccc2)CC1.CO/C([O-])=C\P(=O)(OC)OC.COC(=O)C=C1CC1.COC(=O)CC1(NC(=O)OC(C)(C)C)CC1.N#CC1(N)CC1.O=C1CC1.[Na+]. The number of rotatable bonds is 29. The fraction of sp³-hybridized carbons (Fsp3) is 0.686. The molecule has 0 spiro atoms. The first kappa shape index (κ1) is 117. The molecular formula is C86H138N12NaO27PS. The summed E-state index contributed by atoms with van der Waals surface area (Å²) in [5.41, 5.74) is 12.0. The van der Waals surface area contributed by atoms with Crippen LogP contribution in [0.25, 0.3) is 10.4 Å². The predicted molar refractivity (Wildman–Crippen MR) is 468 cm³/mol. The monoisotopic (exact) mass is 1860 g/mol. The summed E-state index contributed by atoms with van der Waals surface area (Å²) in [6.45, 7) is 29.0. The van der Waals surface area contributed by atoms with E-state index in [0.29, 0.717) is 38.3 Å². The van der Waals surface area contributed by atoms with Crippen LogP contribution < -0.4 is 77.6 Å². The van der Waals surface area contributed by atoms with Gasteiger partial charge >= 0.3 is 91.7 Å². The van der Waals surface area contributed by atoms with E-state index in [1.807, 2.05) is 129 Å². The van der Waals surface area contributed by atoms with Gasteiger partial charge in [0.15, 0.2) is 0 Å². The first-order valence-corrected chi connectivity index (χ1v) is 45.2.